The zero-order valence-electron chi connectivity index (χ0n) is 13.1. The fourth-order valence-corrected chi connectivity index (χ4v) is 3.12. The van der Waals surface area contributed by atoms with Crippen molar-refractivity contribution in [2.75, 3.05) is 20.6 Å². The number of benzene rings is 2. The van der Waals surface area contributed by atoms with Crippen LogP contribution in [-0.4, -0.2) is 25.5 Å². The average Bonchev–Trinajstić information content (AvgIpc) is 2.49. The van der Waals surface area contributed by atoms with E-state index in [2.05, 4.69) is 73.6 Å². The van der Waals surface area contributed by atoms with Crippen LogP contribution in [0.4, 0.5) is 0 Å². The smallest absolute Gasteiger partial charge is 0.0122 e. The highest BCUT2D eigenvalue weighted by Gasteiger charge is 1.98. The minimum Gasteiger partial charge on any atom is -0.309 e. The van der Waals surface area contributed by atoms with Gasteiger partial charge in [-0.25, -0.2) is 0 Å². The van der Waals surface area contributed by atoms with Gasteiger partial charge in [-0.15, -0.1) is 0 Å². The highest BCUT2D eigenvalue weighted by molar-refractivity contribution is 7.99. The maximum absolute atomic E-state index is 2.28. The molecule has 0 N–H and O–H groups in total. The summed E-state index contributed by atoms with van der Waals surface area (Å²) in [6, 6.07) is 19.6. The molecule has 0 aliphatic carbocycles. The van der Waals surface area contributed by atoms with Crippen molar-refractivity contribution >= 4 is 11.8 Å². The summed E-state index contributed by atoms with van der Waals surface area (Å²) in [5.41, 5.74) is 1.46. The summed E-state index contributed by atoms with van der Waals surface area (Å²) in [5.74, 6) is 0. The van der Waals surface area contributed by atoms with Crippen molar-refractivity contribution in [3.8, 4) is 0 Å². The van der Waals surface area contributed by atoms with E-state index in [-0.39, 0.29) is 0 Å². The molecule has 112 valence electrons. The minimum atomic E-state index is 1.20. The standard InChI is InChI=1S/C19H25NS/c1-20(2)16-8-4-5-9-17-12-14-19(15-13-17)21-18-10-6-3-7-11-18/h3,6-7,10-15H,4-5,8-9,16H2,1-2H3. The van der Waals surface area contributed by atoms with Crippen LogP contribution in [0.5, 0.6) is 0 Å². The van der Waals surface area contributed by atoms with Crippen LogP contribution in [0.25, 0.3) is 0 Å². The van der Waals surface area contributed by atoms with Gasteiger partial charge in [0, 0.05) is 9.79 Å². The zero-order valence-corrected chi connectivity index (χ0v) is 13.9. The fourth-order valence-electron chi connectivity index (χ4n) is 2.28. The Bertz CT molecular complexity index is 505. The molecule has 0 unspecified atom stereocenters. The van der Waals surface area contributed by atoms with Gasteiger partial charge in [-0.05, 0) is 69.7 Å². The van der Waals surface area contributed by atoms with Gasteiger partial charge >= 0.3 is 0 Å². The summed E-state index contributed by atoms with van der Waals surface area (Å²) in [5, 5.41) is 0. The lowest BCUT2D eigenvalue weighted by Crippen LogP contribution is -2.12. The number of hydrogen-bond donors (Lipinski definition) is 0. The van der Waals surface area contributed by atoms with Crippen molar-refractivity contribution in [1.29, 1.82) is 0 Å². The second kappa shape index (κ2) is 8.91. The van der Waals surface area contributed by atoms with Crippen LogP contribution in [0.1, 0.15) is 24.8 Å². The molecule has 2 rings (SSSR count). The van der Waals surface area contributed by atoms with E-state index in [1.54, 1.807) is 0 Å². The van der Waals surface area contributed by atoms with Crippen LogP contribution in [0.3, 0.4) is 0 Å². The van der Waals surface area contributed by atoms with Gasteiger partial charge in [0.1, 0.15) is 0 Å². The molecule has 0 amide bonds. The van der Waals surface area contributed by atoms with Gasteiger partial charge < -0.3 is 4.90 Å². The van der Waals surface area contributed by atoms with Crippen LogP contribution in [-0.2, 0) is 6.42 Å². The van der Waals surface area contributed by atoms with Crippen molar-refractivity contribution in [1.82, 2.24) is 4.90 Å². The molecule has 0 aliphatic rings. The van der Waals surface area contributed by atoms with Gasteiger partial charge in [0.2, 0.25) is 0 Å². The molecule has 0 aromatic heterocycles. The van der Waals surface area contributed by atoms with Gasteiger partial charge in [-0.3, -0.25) is 0 Å². The van der Waals surface area contributed by atoms with E-state index in [1.165, 1.54) is 47.6 Å². The SMILES string of the molecule is CN(C)CCCCCc1ccc(Sc2ccccc2)cc1. The van der Waals surface area contributed by atoms with E-state index in [9.17, 15) is 0 Å². The molecule has 0 saturated carbocycles. The highest BCUT2D eigenvalue weighted by Crippen LogP contribution is 2.27. The van der Waals surface area contributed by atoms with Crippen molar-refractivity contribution in [3.63, 3.8) is 0 Å². The molecule has 0 saturated heterocycles. The molecule has 1 nitrogen and oxygen atoms in total. The van der Waals surface area contributed by atoms with Gasteiger partial charge in [-0.2, -0.15) is 0 Å². The monoisotopic (exact) mass is 299 g/mol. The second-order valence-electron chi connectivity index (χ2n) is 5.67. The van der Waals surface area contributed by atoms with E-state index in [1.807, 2.05) is 11.8 Å². The molecule has 0 atom stereocenters. The average molecular weight is 299 g/mol. The molecule has 2 aromatic carbocycles. The van der Waals surface area contributed by atoms with Crippen molar-refractivity contribution in [2.24, 2.45) is 0 Å². The lowest BCUT2D eigenvalue weighted by Gasteiger charge is -2.08. The largest absolute Gasteiger partial charge is 0.309 e. The van der Waals surface area contributed by atoms with E-state index < -0.39 is 0 Å². The first-order valence-corrected chi connectivity index (χ1v) is 8.52. The third-order valence-electron chi connectivity index (χ3n) is 3.47. The summed E-state index contributed by atoms with van der Waals surface area (Å²) < 4.78 is 0. The number of unbranched alkanes of at least 4 members (excludes halogenated alkanes) is 2. The molecule has 0 radical (unpaired) electrons. The Labute approximate surface area is 133 Å². The number of rotatable bonds is 8. The fraction of sp³-hybridized carbons (Fsp3) is 0.368. The molecule has 2 heteroatoms. The van der Waals surface area contributed by atoms with Crippen LogP contribution < -0.4 is 0 Å². The highest BCUT2D eigenvalue weighted by atomic mass is 32.2. The number of nitrogens with zero attached hydrogens (tertiary/aromatic N) is 1. The Balaban J connectivity index is 1.74. The first-order chi connectivity index (χ1) is 10.2. The normalized spacial score (nSPS) is 11.0. The predicted molar refractivity (Wildman–Crippen MR) is 93.1 cm³/mol. The third kappa shape index (κ3) is 6.36. The molecule has 21 heavy (non-hydrogen) atoms. The summed E-state index contributed by atoms with van der Waals surface area (Å²) in [4.78, 5) is 4.88. The van der Waals surface area contributed by atoms with Gasteiger partial charge in [0.05, 0.1) is 0 Å². The molecule has 0 fully saturated rings. The molecular weight excluding hydrogens is 274 g/mol. The van der Waals surface area contributed by atoms with Crippen molar-refractivity contribution in [2.45, 2.75) is 35.5 Å². The minimum absolute atomic E-state index is 1.20. The zero-order chi connectivity index (χ0) is 14.9. The van der Waals surface area contributed by atoms with E-state index in [4.69, 9.17) is 0 Å². The maximum atomic E-state index is 2.28. The molecule has 0 bridgehead atoms. The van der Waals surface area contributed by atoms with Crippen LogP contribution in [0, 0.1) is 0 Å². The Hall–Kier alpha value is -1.25. The predicted octanol–water partition coefficient (Wildman–Crippen LogP) is 5.11. The molecular formula is C19H25NS. The molecule has 0 heterocycles. The van der Waals surface area contributed by atoms with Gasteiger partial charge in [-0.1, -0.05) is 48.5 Å². The maximum Gasteiger partial charge on any atom is 0.0122 e. The molecule has 0 spiro atoms. The van der Waals surface area contributed by atoms with Gasteiger partial charge in [0.25, 0.3) is 0 Å². The molecule has 0 aliphatic heterocycles. The van der Waals surface area contributed by atoms with Crippen LogP contribution in [0.2, 0.25) is 0 Å². The van der Waals surface area contributed by atoms with Crippen LogP contribution >= 0.6 is 11.8 Å². The van der Waals surface area contributed by atoms with Crippen LogP contribution in [0.15, 0.2) is 64.4 Å². The first-order valence-electron chi connectivity index (χ1n) is 7.70. The Kier molecular flexibility index (Phi) is 6.84. The van der Waals surface area contributed by atoms with E-state index >= 15 is 0 Å². The lowest BCUT2D eigenvalue weighted by molar-refractivity contribution is 0.391. The van der Waals surface area contributed by atoms with Crippen molar-refractivity contribution < 1.29 is 0 Å². The van der Waals surface area contributed by atoms with E-state index in [0.29, 0.717) is 0 Å². The summed E-state index contributed by atoms with van der Waals surface area (Å²) in [6.07, 6.45) is 5.11. The van der Waals surface area contributed by atoms with Crippen molar-refractivity contribution in [3.05, 3.63) is 60.2 Å². The lowest BCUT2D eigenvalue weighted by atomic mass is 10.1. The summed E-state index contributed by atoms with van der Waals surface area (Å²) in [6.45, 7) is 1.20. The van der Waals surface area contributed by atoms with E-state index in [0.717, 1.165) is 0 Å². The molecule has 2 aromatic rings. The second-order valence-corrected chi connectivity index (χ2v) is 6.82. The summed E-state index contributed by atoms with van der Waals surface area (Å²) in [7, 11) is 4.28. The first kappa shape index (κ1) is 16.1. The Morgan fingerprint density at radius 2 is 1.43 bits per heavy atom. The Morgan fingerprint density at radius 1 is 0.762 bits per heavy atom. The Morgan fingerprint density at radius 3 is 2.10 bits per heavy atom. The summed E-state index contributed by atoms with van der Waals surface area (Å²) >= 11 is 1.83. The topological polar surface area (TPSA) is 3.24 Å². The number of hydrogen-bond acceptors (Lipinski definition) is 2. The number of aryl methyl sites for hydroxylation is 1. The van der Waals surface area contributed by atoms with Gasteiger partial charge in [0.15, 0.2) is 0 Å². The quantitative estimate of drug-likeness (QED) is 0.623. The third-order valence-corrected chi connectivity index (χ3v) is 4.49.